The third-order valence-corrected chi connectivity index (χ3v) is 6.79. The van der Waals surface area contributed by atoms with Gasteiger partial charge in [-0.05, 0) is 61.6 Å². The second-order valence-electron chi connectivity index (χ2n) is 8.58. The van der Waals surface area contributed by atoms with Gasteiger partial charge in [0.15, 0.2) is 6.16 Å². The van der Waals surface area contributed by atoms with Crippen molar-refractivity contribution in [2.24, 2.45) is 0 Å². The highest BCUT2D eigenvalue weighted by Crippen LogP contribution is 2.29. The van der Waals surface area contributed by atoms with Crippen molar-refractivity contribution in [1.82, 2.24) is 10.6 Å². The Bertz CT molecular complexity index is 800. The van der Waals surface area contributed by atoms with Crippen molar-refractivity contribution in [3.63, 3.8) is 0 Å². The molecule has 0 spiro atoms. The molecule has 2 rings (SSSR count). The molecule has 35 heavy (non-hydrogen) atoms. The first-order chi connectivity index (χ1) is 17.0. The Morgan fingerprint density at radius 2 is 1.91 bits per heavy atom. The molecular weight excluding hydrogens is 471 g/mol. The monoisotopic (exact) mass is 509 g/mol. The maximum Gasteiger partial charge on any atom is 0.508 e. The summed E-state index contributed by atoms with van der Waals surface area (Å²) in [7, 11) is -2.03. The van der Waals surface area contributed by atoms with Gasteiger partial charge in [-0.3, -0.25) is 0 Å². The van der Waals surface area contributed by atoms with Gasteiger partial charge in [-0.15, -0.1) is 4.52 Å². The van der Waals surface area contributed by atoms with Crippen LogP contribution in [0.3, 0.4) is 0 Å². The molecule has 0 saturated carbocycles. The van der Waals surface area contributed by atoms with Crippen LogP contribution >= 0.6 is 8.03 Å². The van der Waals surface area contributed by atoms with E-state index in [1.807, 2.05) is 30.3 Å². The maximum absolute atomic E-state index is 12.6. The van der Waals surface area contributed by atoms with Crippen molar-refractivity contribution in [2.75, 3.05) is 19.3 Å². The molecule has 1 aliphatic rings. The minimum absolute atomic E-state index is 0.184. The van der Waals surface area contributed by atoms with Gasteiger partial charge in [-0.2, -0.15) is 0 Å². The van der Waals surface area contributed by atoms with Crippen LogP contribution in [0.4, 0.5) is 4.79 Å². The molecular formula is C25H38N2O7P+. The summed E-state index contributed by atoms with van der Waals surface area (Å²) in [6, 6.07) is 8.88. The molecule has 1 heterocycles. The van der Waals surface area contributed by atoms with Gasteiger partial charge in [0.05, 0.1) is 0 Å². The molecule has 1 amide bonds. The highest BCUT2D eigenvalue weighted by Gasteiger charge is 2.34. The number of amides is 1. The number of hydrogen-bond acceptors (Lipinski definition) is 8. The second-order valence-corrected chi connectivity index (χ2v) is 9.91. The fraction of sp³-hybridized carbons (Fsp3) is 0.640. The lowest BCUT2D eigenvalue weighted by Gasteiger charge is -2.13. The molecule has 1 saturated heterocycles. The summed E-state index contributed by atoms with van der Waals surface area (Å²) in [6.07, 6.45) is 5.35. The molecule has 194 valence electrons. The highest BCUT2D eigenvalue weighted by molar-refractivity contribution is 7.39. The minimum Gasteiger partial charge on any atom is -0.445 e. The van der Waals surface area contributed by atoms with E-state index in [4.69, 9.17) is 14.0 Å². The lowest BCUT2D eigenvalue weighted by molar-refractivity contribution is -0.166. The lowest BCUT2D eigenvalue weighted by atomic mass is 10.1. The maximum atomic E-state index is 12.6. The summed E-state index contributed by atoms with van der Waals surface area (Å²) in [5.74, 6) is -1.43. The van der Waals surface area contributed by atoms with Crippen LogP contribution in [-0.4, -0.2) is 49.4 Å². The van der Waals surface area contributed by atoms with Crippen LogP contribution < -0.4 is 10.6 Å². The Labute approximate surface area is 208 Å². The fourth-order valence-corrected chi connectivity index (χ4v) is 4.68. The number of ether oxygens (including phenoxy) is 2. The first-order valence-electron chi connectivity index (χ1n) is 12.5. The van der Waals surface area contributed by atoms with E-state index in [9.17, 15) is 18.9 Å². The standard InChI is InChI=1S/C25H37N2O7P/c1-2-3-4-10-18-35(31)34-22(24(29)33-23(28)21-14-11-17-26-21)15-8-9-16-27-25(30)32-19-20-12-6-5-7-13-20/h5-7,12-13,21-22,26H,2-4,8-11,14-19H2,1H3/p+1/t21-,22?/m0/s1. The quantitative estimate of drug-likeness (QED) is 0.143. The number of carbonyl (C=O) groups is 3. The van der Waals surface area contributed by atoms with E-state index < -0.39 is 38.2 Å². The van der Waals surface area contributed by atoms with Gasteiger partial charge in [-0.25, -0.2) is 14.4 Å². The number of carbonyl (C=O) groups excluding carboxylic acids is 3. The molecule has 0 radical (unpaired) electrons. The number of rotatable bonds is 16. The highest BCUT2D eigenvalue weighted by atomic mass is 31.1. The van der Waals surface area contributed by atoms with Crippen LogP contribution in [0.1, 0.15) is 70.3 Å². The van der Waals surface area contributed by atoms with Crippen molar-refractivity contribution < 1.29 is 32.9 Å². The normalized spacial score (nSPS) is 16.4. The van der Waals surface area contributed by atoms with E-state index in [1.54, 1.807) is 0 Å². The van der Waals surface area contributed by atoms with Gasteiger partial charge in [0.25, 0.3) is 0 Å². The van der Waals surface area contributed by atoms with Gasteiger partial charge in [0.2, 0.25) is 6.10 Å². The SMILES string of the molecule is CCCCCC[P+](=O)OC(CCCCNC(=O)OCc1ccccc1)C(=O)OC(=O)[C@@H]1CCCN1. The molecule has 0 bridgehead atoms. The Balaban J connectivity index is 1.73. The number of alkyl carbamates (subject to hydrolysis) is 1. The molecule has 1 aromatic carbocycles. The van der Waals surface area contributed by atoms with E-state index in [0.717, 1.165) is 37.7 Å². The average molecular weight is 510 g/mol. The van der Waals surface area contributed by atoms with E-state index in [1.165, 1.54) is 0 Å². The molecule has 2 unspecified atom stereocenters. The third-order valence-electron chi connectivity index (χ3n) is 5.62. The molecule has 1 aliphatic heterocycles. The van der Waals surface area contributed by atoms with Crippen LogP contribution in [0, 0.1) is 0 Å². The summed E-state index contributed by atoms with van der Waals surface area (Å²) in [5, 5.41) is 5.66. The zero-order valence-corrected chi connectivity index (χ0v) is 21.4. The number of benzene rings is 1. The molecule has 0 aromatic heterocycles. The second kappa shape index (κ2) is 17.1. The molecule has 10 heteroatoms. The topological polar surface area (TPSA) is 120 Å². The van der Waals surface area contributed by atoms with E-state index in [0.29, 0.717) is 38.5 Å². The van der Waals surface area contributed by atoms with E-state index in [2.05, 4.69) is 17.6 Å². The largest absolute Gasteiger partial charge is 0.508 e. The Kier molecular flexibility index (Phi) is 14.1. The summed E-state index contributed by atoms with van der Waals surface area (Å²) in [6.45, 7) is 3.34. The zero-order chi connectivity index (χ0) is 25.3. The van der Waals surface area contributed by atoms with Crippen LogP contribution in [0.2, 0.25) is 0 Å². The summed E-state index contributed by atoms with van der Waals surface area (Å²) < 4.78 is 28.1. The molecule has 9 nitrogen and oxygen atoms in total. The van der Waals surface area contributed by atoms with E-state index in [-0.39, 0.29) is 13.0 Å². The Hall–Kier alpha value is -2.35. The summed E-state index contributed by atoms with van der Waals surface area (Å²) in [5.41, 5.74) is 0.896. The fourth-order valence-electron chi connectivity index (χ4n) is 3.62. The third kappa shape index (κ3) is 12.3. The van der Waals surface area contributed by atoms with Gasteiger partial charge in [-0.1, -0.05) is 50.1 Å². The van der Waals surface area contributed by atoms with Crippen LogP contribution in [0.15, 0.2) is 30.3 Å². The van der Waals surface area contributed by atoms with Crippen molar-refractivity contribution in [1.29, 1.82) is 0 Å². The number of esters is 2. The van der Waals surface area contributed by atoms with Gasteiger partial charge < -0.3 is 20.1 Å². The van der Waals surface area contributed by atoms with Crippen LogP contribution in [0.5, 0.6) is 0 Å². The van der Waals surface area contributed by atoms with Crippen LogP contribution in [-0.2, 0) is 34.8 Å². The van der Waals surface area contributed by atoms with Crippen molar-refractivity contribution in [2.45, 2.75) is 83.5 Å². The predicted molar refractivity (Wildman–Crippen MR) is 132 cm³/mol. The van der Waals surface area contributed by atoms with Crippen molar-refractivity contribution >= 4 is 26.1 Å². The Morgan fingerprint density at radius 3 is 2.63 bits per heavy atom. The lowest BCUT2D eigenvalue weighted by Crippen LogP contribution is -2.37. The van der Waals surface area contributed by atoms with Crippen molar-refractivity contribution in [3.05, 3.63) is 35.9 Å². The average Bonchev–Trinajstić information content (AvgIpc) is 3.40. The van der Waals surface area contributed by atoms with Gasteiger partial charge >= 0.3 is 26.1 Å². The number of unbranched alkanes of at least 4 members (excludes halogenated alkanes) is 4. The molecule has 1 aromatic rings. The Morgan fingerprint density at radius 1 is 1.11 bits per heavy atom. The molecule has 0 aliphatic carbocycles. The molecule has 1 fully saturated rings. The first kappa shape index (κ1) is 28.9. The summed E-state index contributed by atoms with van der Waals surface area (Å²) >= 11 is 0. The first-order valence-corrected chi connectivity index (χ1v) is 13.9. The smallest absolute Gasteiger partial charge is 0.445 e. The minimum atomic E-state index is -2.03. The number of hydrogen-bond donors (Lipinski definition) is 2. The number of nitrogens with one attached hydrogen (secondary N) is 2. The van der Waals surface area contributed by atoms with Gasteiger partial charge in [0.1, 0.15) is 12.6 Å². The predicted octanol–water partition coefficient (Wildman–Crippen LogP) is 4.61. The molecule has 2 N–H and O–H groups in total. The summed E-state index contributed by atoms with van der Waals surface area (Å²) in [4.78, 5) is 36.7. The van der Waals surface area contributed by atoms with Gasteiger partial charge in [0, 0.05) is 6.54 Å². The van der Waals surface area contributed by atoms with E-state index >= 15 is 0 Å². The molecule has 3 atom stereocenters. The zero-order valence-electron chi connectivity index (χ0n) is 20.5. The van der Waals surface area contributed by atoms with Crippen LogP contribution in [0.25, 0.3) is 0 Å². The van der Waals surface area contributed by atoms with Crippen molar-refractivity contribution in [3.8, 4) is 0 Å².